The van der Waals surface area contributed by atoms with E-state index in [9.17, 15) is 9.59 Å². The molecule has 0 N–H and O–H groups in total. The van der Waals surface area contributed by atoms with Gasteiger partial charge in [-0.3, -0.25) is 13.9 Å². The first-order valence-electron chi connectivity index (χ1n) is 9.81. The van der Waals surface area contributed by atoms with Crippen molar-refractivity contribution in [3.8, 4) is 0 Å². The molecule has 0 saturated carbocycles. The number of hydrogen-bond donors (Lipinski definition) is 0. The van der Waals surface area contributed by atoms with E-state index in [1.54, 1.807) is 19.2 Å². The number of hydrogen-bond acceptors (Lipinski definition) is 4. The molecule has 0 fully saturated rings. The number of rotatable bonds is 3. The van der Waals surface area contributed by atoms with E-state index in [0.29, 0.717) is 28.7 Å². The second-order valence-corrected chi connectivity index (χ2v) is 7.88. The first kappa shape index (κ1) is 18.7. The van der Waals surface area contributed by atoms with Crippen LogP contribution in [0.2, 0.25) is 5.02 Å². The lowest BCUT2D eigenvalue weighted by Crippen LogP contribution is -2.40. The van der Waals surface area contributed by atoms with Crippen molar-refractivity contribution in [2.45, 2.75) is 19.5 Å². The molecule has 7 nitrogen and oxygen atoms in total. The van der Waals surface area contributed by atoms with E-state index in [4.69, 9.17) is 16.6 Å². The second kappa shape index (κ2) is 7.18. The first-order valence-corrected chi connectivity index (χ1v) is 10.2. The molecule has 2 aromatic heterocycles. The van der Waals surface area contributed by atoms with E-state index in [0.717, 1.165) is 24.2 Å². The van der Waals surface area contributed by atoms with Crippen LogP contribution in [0.5, 0.6) is 0 Å². The Hall–Kier alpha value is -3.32. The van der Waals surface area contributed by atoms with Crippen molar-refractivity contribution >= 4 is 34.4 Å². The molecule has 3 heterocycles. The fourth-order valence-electron chi connectivity index (χ4n) is 4.07. The van der Waals surface area contributed by atoms with Gasteiger partial charge in [-0.2, -0.15) is 4.98 Å². The predicted molar refractivity (Wildman–Crippen MR) is 118 cm³/mol. The average molecular weight is 422 g/mol. The van der Waals surface area contributed by atoms with E-state index in [1.165, 1.54) is 9.13 Å². The summed E-state index contributed by atoms with van der Waals surface area (Å²) in [6.45, 7) is 1.64. The van der Waals surface area contributed by atoms with Gasteiger partial charge in [0.2, 0.25) is 5.95 Å². The van der Waals surface area contributed by atoms with Crippen LogP contribution in [0.1, 0.15) is 12.0 Å². The Morgan fingerprint density at radius 2 is 1.83 bits per heavy atom. The van der Waals surface area contributed by atoms with Gasteiger partial charge in [0.25, 0.3) is 5.56 Å². The molecule has 5 rings (SSSR count). The Morgan fingerprint density at radius 3 is 2.60 bits per heavy atom. The van der Waals surface area contributed by atoms with Crippen molar-refractivity contribution in [3.63, 3.8) is 0 Å². The van der Waals surface area contributed by atoms with Gasteiger partial charge in [0.15, 0.2) is 11.2 Å². The number of nitrogens with zero attached hydrogens (tertiary/aromatic N) is 5. The third-order valence-corrected chi connectivity index (χ3v) is 5.75. The maximum Gasteiger partial charge on any atom is 0.332 e. The zero-order valence-corrected chi connectivity index (χ0v) is 17.2. The summed E-state index contributed by atoms with van der Waals surface area (Å²) in [6.07, 6.45) is 0.879. The lowest BCUT2D eigenvalue weighted by Gasteiger charge is -2.28. The van der Waals surface area contributed by atoms with Crippen molar-refractivity contribution in [3.05, 3.63) is 86.0 Å². The van der Waals surface area contributed by atoms with E-state index < -0.39 is 5.69 Å². The fourth-order valence-corrected chi connectivity index (χ4v) is 4.29. The number of anilines is 2. The fraction of sp³-hybridized carbons (Fsp3) is 0.227. The average Bonchev–Trinajstić information content (AvgIpc) is 3.16. The molecule has 0 radical (unpaired) electrons. The second-order valence-electron chi connectivity index (χ2n) is 7.44. The van der Waals surface area contributed by atoms with Gasteiger partial charge >= 0.3 is 5.69 Å². The quantitative estimate of drug-likeness (QED) is 0.509. The molecule has 0 spiro atoms. The molecule has 0 bridgehead atoms. The molecule has 152 valence electrons. The van der Waals surface area contributed by atoms with Crippen LogP contribution < -0.4 is 16.1 Å². The summed E-state index contributed by atoms with van der Waals surface area (Å²) < 4.78 is 4.64. The van der Waals surface area contributed by atoms with E-state index >= 15 is 0 Å². The minimum atomic E-state index is -0.394. The van der Waals surface area contributed by atoms with Crippen molar-refractivity contribution in [1.82, 2.24) is 18.7 Å². The van der Waals surface area contributed by atoms with Crippen LogP contribution in [0.15, 0.2) is 64.2 Å². The van der Waals surface area contributed by atoms with Crippen molar-refractivity contribution in [2.24, 2.45) is 7.05 Å². The molecule has 0 amide bonds. The summed E-state index contributed by atoms with van der Waals surface area (Å²) >= 11 is 6.08. The van der Waals surface area contributed by atoms with Crippen LogP contribution in [-0.2, 0) is 20.1 Å². The number of fused-ring (bicyclic) bond motifs is 3. The minimum absolute atomic E-state index is 0.158. The third kappa shape index (κ3) is 2.93. The van der Waals surface area contributed by atoms with Crippen LogP contribution in [0.25, 0.3) is 11.2 Å². The molecular formula is C22H20ClN5O2. The van der Waals surface area contributed by atoms with E-state index in [2.05, 4.69) is 4.90 Å². The SMILES string of the molecule is Cn1c(=O)n(Cc2cccc(Cl)c2)c(=O)c2c1nc1n2CCCN1c1ccccc1. The molecular weight excluding hydrogens is 402 g/mol. The molecule has 2 aromatic carbocycles. The normalized spacial score (nSPS) is 13.6. The number of para-hydroxylation sites is 1. The van der Waals surface area contributed by atoms with Crippen LogP contribution in [0.3, 0.4) is 0 Å². The molecule has 8 heteroatoms. The molecule has 4 aromatic rings. The summed E-state index contributed by atoms with van der Waals surface area (Å²) in [5.74, 6) is 0.690. The molecule has 0 aliphatic carbocycles. The zero-order chi connectivity index (χ0) is 20.8. The number of aryl methyl sites for hydroxylation is 2. The van der Waals surface area contributed by atoms with E-state index in [-0.39, 0.29) is 12.1 Å². The maximum atomic E-state index is 13.4. The summed E-state index contributed by atoms with van der Waals surface area (Å²) in [7, 11) is 1.66. The van der Waals surface area contributed by atoms with Gasteiger partial charge in [0.05, 0.1) is 6.54 Å². The molecule has 1 aliphatic rings. The smallest absolute Gasteiger partial charge is 0.312 e. The topological polar surface area (TPSA) is 65.1 Å². The Kier molecular flexibility index (Phi) is 4.47. The summed E-state index contributed by atoms with van der Waals surface area (Å²) in [5.41, 5.74) is 1.94. The lowest BCUT2D eigenvalue weighted by molar-refractivity contribution is 0.597. The first-order chi connectivity index (χ1) is 14.5. The van der Waals surface area contributed by atoms with Crippen molar-refractivity contribution in [1.29, 1.82) is 0 Å². The summed E-state index contributed by atoms with van der Waals surface area (Å²) in [5, 5.41) is 0.568. The zero-order valence-electron chi connectivity index (χ0n) is 16.5. The largest absolute Gasteiger partial charge is 0.332 e. The highest BCUT2D eigenvalue weighted by Gasteiger charge is 2.26. The number of halogens is 1. The minimum Gasteiger partial charge on any atom is -0.312 e. The molecule has 0 atom stereocenters. The number of imidazole rings is 1. The van der Waals surface area contributed by atoms with Crippen LogP contribution in [-0.4, -0.2) is 25.2 Å². The summed E-state index contributed by atoms with van der Waals surface area (Å²) in [6, 6.07) is 17.2. The van der Waals surface area contributed by atoms with Gasteiger partial charge in [-0.05, 0) is 36.2 Å². The van der Waals surface area contributed by atoms with Crippen molar-refractivity contribution in [2.75, 3.05) is 11.4 Å². The van der Waals surface area contributed by atoms with Gasteiger partial charge in [-0.1, -0.05) is 41.9 Å². The van der Waals surface area contributed by atoms with Gasteiger partial charge in [-0.25, -0.2) is 4.79 Å². The molecule has 0 unspecified atom stereocenters. The molecule has 1 aliphatic heterocycles. The third-order valence-electron chi connectivity index (χ3n) is 5.51. The van der Waals surface area contributed by atoms with Crippen LogP contribution >= 0.6 is 11.6 Å². The van der Waals surface area contributed by atoms with Crippen LogP contribution in [0.4, 0.5) is 11.6 Å². The van der Waals surface area contributed by atoms with E-state index in [1.807, 2.05) is 47.0 Å². The van der Waals surface area contributed by atoms with Gasteiger partial charge < -0.3 is 9.47 Å². The number of aromatic nitrogens is 4. The van der Waals surface area contributed by atoms with Gasteiger partial charge in [0, 0.05) is 30.8 Å². The number of benzene rings is 2. The Morgan fingerprint density at radius 1 is 1.03 bits per heavy atom. The highest BCUT2D eigenvalue weighted by atomic mass is 35.5. The summed E-state index contributed by atoms with van der Waals surface area (Å²) in [4.78, 5) is 33.2. The highest BCUT2D eigenvalue weighted by Crippen LogP contribution is 2.30. The van der Waals surface area contributed by atoms with Crippen molar-refractivity contribution < 1.29 is 0 Å². The Labute approximate surface area is 177 Å². The van der Waals surface area contributed by atoms with Gasteiger partial charge in [0.1, 0.15) is 0 Å². The highest BCUT2D eigenvalue weighted by molar-refractivity contribution is 6.30. The van der Waals surface area contributed by atoms with Gasteiger partial charge in [-0.15, -0.1) is 0 Å². The molecule has 30 heavy (non-hydrogen) atoms. The lowest BCUT2D eigenvalue weighted by atomic mass is 10.2. The molecule has 0 saturated heterocycles. The Bertz CT molecular complexity index is 1370. The Balaban J connectivity index is 1.71. The van der Waals surface area contributed by atoms with Crippen LogP contribution in [0, 0.1) is 0 Å². The standard InChI is InChI=1S/C22H20ClN5O2/c1-25-19-18(20(29)28(22(25)30)14-15-7-5-8-16(23)13-15)27-12-6-11-26(21(27)24-19)17-9-3-2-4-10-17/h2-5,7-10,13H,6,11-12,14H2,1H3. The monoisotopic (exact) mass is 421 g/mol. The maximum absolute atomic E-state index is 13.4. The predicted octanol–water partition coefficient (Wildman–Crippen LogP) is 3.14.